The topological polar surface area (TPSA) is 96.5 Å². The Labute approximate surface area is 157 Å². The van der Waals surface area contributed by atoms with Crippen LogP contribution in [0.4, 0.5) is 5.69 Å². The van der Waals surface area contributed by atoms with Gasteiger partial charge < -0.3 is 19.7 Å². The lowest BCUT2D eigenvalue weighted by atomic mass is 9.96. The van der Waals surface area contributed by atoms with Gasteiger partial charge in [0.15, 0.2) is 11.5 Å². The summed E-state index contributed by atoms with van der Waals surface area (Å²) in [5.41, 5.74) is 1.44. The van der Waals surface area contributed by atoms with Crippen molar-refractivity contribution in [1.82, 2.24) is 15.5 Å². The summed E-state index contributed by atoms with van der Waals surface area (Å²) in [6.07, 6.45) is 3.33. The zero-order valence-corrected chi connectivity index (χ0v) is 15.5. The Bertz CT molecular complexity index is 852. The lowest BCUT2D eigenvalue weighted by molar-refractivity contribution is -0.125. The SMILES string of the molecule is COc1ccc(CNC(=O)C2CCCN(c3cn[nH]c(=O)c3)C2)cc1OC. The van der Waals surface area contributed by atoms with Crippen molar-refractivity contribution in [2.75, 3.05) is 32.2 Å². The summed E-state index contributed by atoms with van der Waals surface area (Å²) in [6, 6.07) is 7.09. The van der Waals surface area contributed by atoms with Gasteiger partial charge in [0.05, 0.1) is 32.0 Å². The number of amides is 1. The van der Waals surface area contributed by atoms with Crippen molar-refractivity contribution in [3.05, 3.63) is 46.4 Å². The first-order valence-corrected chi connectivity index (χ1v) is 8.89. The second-order valence-corrected chi connectivity index (χ2v) is 6.50. The van der Waals surface area contributed by atoms with Crippen LogP contribution in [-0.2, 0) is 11.3 Å². The van der Waals surface area contributed by atoms with Crippen molar-refractivity contribution in [3.8, 4) is 11.5 Å². The van der Waals surface area contributed by atoms with Gasteiger partial charge in [-0.25, -0.2) is 5.10 Å². The minimum absolute atomic E-state index is 0.00675. The van der Waals surface area contributed by atoms with Crippen molar-refractivity contribution in [2.24, 2.45) is 5.92 Å². The van der Waals surface area contributed by atoms with Gasteiger partial charge in [-0.1, -0.05) is 6.07 Å². The fourth-order valence-corrected chi connectivity index (χ4v) is 3.29. The first-order chi connectivity index (χ1) is 13.1. The molecule has 27 heavy (non-hydrogen) atoms. The molecule has 8 nitrogen and oxygen atoms in total. The molecule has 0 radical (unpaired) electrons. The zero-order valence-electron chi connectivity index (χ0n) is 15.5. The van der Waals surface area contributed by atoms with Crippen molar-refractivity contribution in [1.29, 1.82) is 0 Å². The Morgan fingerprint density at radius 1 is 1.30 bits per heavy atom. The lowest BCUT2D eigenvalue weighted by Gasteiger charge is -2.33. The van der Waals surface area contributed by atoms with Crippen molar-refractivity contribution in [2.45, 2.75) is 19.4 Å². The number of carbonyl (C=O) groups is 1. The summed E-state index contributed by atoms with van der Waals surface area (Å²) >= 11 is 0. The van der Waals surface area contributed by atoms with Crippen LogP contribution in [0.1, 0.15) is 18.4 Å². The molecular weight excluding hydrogens is 348 g/mol. The van der Waals surface area contributed by atoms with Crippen LogP contribution < -0.4 is 25.2 Å². The first-order valence-electron chi connectivity index (χ1n) is 8.89. The number of methoxy groups -OCH3 is 2. The van der Waals surface area contributed by atoms with E-state index >= 15 is 0 Å². The fraction of sp³-hybridized carbons (Fsp3) is 0.421. The largest absolute Gasteiger partial charge is 0.493 e. The molecule has 8 heteroatoms. The smallest absolute Gasteiger partial charge is 0.266 e. The van der Waals surface area contributed by atoms with Crippen LogP contribution in [0.3, 0.4) is 0 Å². The predicted octanol–water partition coefficient (Wildman–Crippen LogP) is 1.32. The zero-order chi connectivity index (χ0) is 19.2. The normalized spacial score (nSPS) is 16.7. The Morgan fingerprint density at radius 2 is 2.11 bits per heavy atom. The number of hydrogen-bond acceptors (Lipinski definition) is 6. The van der Waals surface area contributed by atoms with Crippen LogP contribution in [0.25, 0.3) is 0 Å². The molecule has 2 aromatic rings. The molecule has 1 aliphatic rings. The molecule has 2 heterocycles. The van der Waals surface area contributed by atoms with E-state index in [2.05, 4.69) is 15.5 Å². The Hall–Kier alpha value is -3.03. The van der Waals surface area contributed by atoms with Crippen LogP contribution in [0, 0.1) is 5.92 Å². The summed E-state index contributed by atoms with van der Waals surface area (Å²) in [5.74, 6) is 1.17. The van der Waals surface area contributed by atoms with E-state index in [-0.39, 0.29) is 17.4 Å². The van der Waals surface area contributed by atoms with E-state index in [1.165, 1.54) is 6.07 Å². The maximum Gasteiger partial charge on any atom is 0.266 e. The minimum atomic E-state index is -0.243. The maximum absolute atomic E-state index is 12.6. The molecule has 1 unspecified atom stereocenters. The van der Waals surface area contributed by atoms with Gasteiger partial charge in [-0.2, -0.15) is 5.10 Å². The molecule has 1 fully saturated rings. The van der Waals surface area contributed by atoms with Gasteiger partial charge in [0.1, 0.15) is 0 Å². The quantitative estimate of drug-likeness (QED) is 0.794. The van der Waals surface area contributed by atoms with E-state index in [1.54, 1.807) is 20.4 Å². The Morgan fingerprint density at radius 3 is 2.85 bits per heavy atom. The Balaban J connectivity index is 1.60. The molecule has 1 aromatic carbocycles. The van der Waals surface area contributed by atoms with Gasteiger partial charge in [-0.3, -0.25) is 9.59 Å². The van der Waals surface area contributed by atoms with Crippen LogP contribution in [-0.4, -0.2) is 43.4 Å². The molecule has 0 spiro atoms. The van der Waals surface area contributed by atoms with Gasteiger partial charge in [0, 0.05) is 25.7 Å². The van der Waals surface area contributed by atoms with E-state index in [0.717, 1.165) is 30.6 Å². The van der Waals surface area contributed by atoms with E-state index in [1.807, 2.05) is 23.1 Å². The molecule has 0 saturated carbocycles. The van der Waals surface area contributed by atoms with Crippen LogP contribution in [0.5, 0.6) is 11.5 Å². The summed E-state index contributed by atoms with van der Waals surface area (Å²) in [5, 5.41) is 9.20. The number of H-pyrrole nitrogens is 1. The molecule has 2 N–H and O–H groups in total. The highest BCUT2D eigenvalue weighted by Crippen LogP contribution is 2.27. The fourth-order valence-electron chi connectivity index (χ4n) is 3.29. The molecule has 0 aliphatic carbocycles. The Kier molecular flexibility index (Phi) is 5.95. The highest BCUT2D eigenvalue weighted by Gasteiger charge is 2.26. The van der Waals surface area contributed by atoms with E-state index in [4.69, 9.17) is 9.47 Å². The number of anilines is 1. The number of nitrogens with zero attached hydrogens (tertiary/aromatic N) is 2. The third-order valence-corrected chi connectivity index (χ3v) is 4.72. The minimum Gasteiger partial charge on any atom is -0.493 e. The lowest BCUT2D eigenvalue weighted by Crippen LogP contribution is -2.43. The molecule has 1 aromatic heterocycles. The second kappa shape index (κ2) is 8.57. The number of aromatic nitrogens is 2. The summed E-state index contributed by atoms with van der Waals surface area (Å²) in [6.45, 7) is 1.80. The number of rotatable bonds is 6. The van der Waals surface area contributed by atoms with Gasteiger partial charge in [-0.05, 0) is 30.5 Å². The highest BCUT2D eigenvalue weighted by atomic mass is 16.5. The predicted molar refractivity (Wildman–Crippen MR) is 101 cm³/mol. The van der Waals surface area contributed by atoms with Gasteiger partial charge >= 0.3 is 0 Å². The molecule has 1 amide bonds. The number of piperidine rings is 1. The number of benzene rings is 1. The monoisotopic (exact) mass is 372 g/mol. The second-order valence-electron chi connectivity index (χ2n) is 6.50. The first kappa shape index (κ1) is 18.8. The average Bonchev–Trinajstić information content (AvgIpc) is 2.71. The number of hydrogen-bond donors (Lipinski definition) is 2. The summed E-state index contributed by atoms with van der Waals surface area (Å²) in [7, 11) is 3.17. The molecule has 1 saturated heterocycles. The van der Waals surface area contributed by atoms with E-state index < -0.39 is 0 Å². The molecule has 1 aliphatic heterocycles. The van der Waals surface area contributed by atoms with Gasteiger partial charge in [-0.15, -0.1) is 0 Å². The van der Waals surface area contributed by atoms with Gasteiger partial charge in [0.25, 0.3) is 5.56 Å². The maximum atomic E-state index is 12.6. The molecule has 0 bridgehead atoms. The van der Waals surface area contributed by atoms with Crippen LogP contribution in [0.2, 0.25) is 0 Å². The van der Waals surface area contributed by atoms with Crippen molar-refractivity contribution < 1.29 is 14.3 Å². The molecular formula is C19H24N4O4. The molecule has 144 valence electrons. The molecule has 1 atom stereocenters. The average molecular weight is 372 g/mol. The number of nitrogens with one attached hydrogen (secondary N) is 2. The van der Waals surface area contributed by atoms with Crippen molar-refractivity contribution >= 4 is 11.6 Å². The van der Waals surface area contributed by atoms with Crippen LogP contribution in [0.15, 0.2) is 35.3 Å². The number of carbonyl (C=O) groups excluding carboxylic acids is 1. The van der Waals surface area contributed by atoms with Gasteiger partial charge in [0.2, 0.25) is 5.91 Å². The third kappa shape index (κ3) is 4.58. The van der Waals surface area contributed by atoms with E-state index in [0.29, 0.717) is 24.6 Å². The number of aromatic amines is 1. The summed E-state index contributed by atoms with van der Waals surface area (Å²) in [4.78, 5) is 26.1. The standard InChI is InChI=1S/C19H24N4O4/c1-26-16-6-5-13(8-17(16)27-2)10-20-19(25)14-4-3-7-23(12-14)15-9-18(24)22-21-11-15/h5-6,8-9,11,14H,3-4,7,10,12H2,1-2H3,(H,20,25)(H,22,24). The van der Waals surface area contributed by atoms with E-state index in [9.17, 15) is 9.59 Å². The highest BCUT2D eigenvalue weighted by molar-refractivity contribution is 5.79. The third-order valence-electron chi connectivity index (χ3n) is 4.72. The molecule has 3 rings (SSSR count). The van der Waals surface area contributed by atoms with Crippen LogP contribution >= 0.6 is 0 Å². The summed E-state index contributed by atoms with van der Waals surface area (Å²) < 4.78 is 10.5. The van der Waals surface area contributed by atoms with Crippen molar-refractivity contribution in [3.63, 3.8) is 0 Å². The number of ether oxygens (including phenoxy) is 2.